The number of ether oxygens (including phenoxy) is 1. The zero-order chi connectivity index (χ0) is 27.4. The van der Waals surface area contributed by atoms with Gasteiger partial charge in [0, 0.05) is 12.2 Å². The van der Waals surface area contributed by atoms with Gasteiger partial charge in [0.1, 0.15) is 16.4 Å². The standard InChI is InChI=1S/C27H27N5O5S/c1-15-6-7-16(2)19(13-15)32(27(35)24-21(28)22(25(29)33)31-38-24)23(20-5-4-12-37-20)26(34)30-14-17-8-10-18(36-3)11-9-17/h4-13,23H,14,28H2,1-3H3,(H2,29,33)(H,30,34). The zero-order valence-corrected chi connectivity index (χ0v) is 21.9. The van der Waals surface area contributed by atoms with E-state index >= 15 is 0 Å². The van der Waals surface area contributed by atoms with Crippen LogP contribution in [-0.4, -0.2) is 29.2 Å². The Morgan fingerprint density at radius 1 is 1.13 bits per heavy atom. The molecule has 2 aromatic carbocycles. The summed E-state index contributed by atoms with van der Waals surface area (Å²) in [4.78, 5) is 40.9. The van der Waals surface area contributed by atoms with Crippen molar-refractivity contribution < 1.29 is 23.5 Å². The monoisotopic (exact) mass is 533 g/mol. The number of amides is 3. The Hall–Kier alpha value is -4.64. The average Bonchev–Trinajstić information content (AvgIpc) is 3.57. The maximum Gasteiger partial charge on any atom is 0.273 e. The van der Waals surface area contributed by atoms with Gasteiger partial charge in [0.2, 0.25) is 0 Å². The minimum absolute atomic E-state index is 0.0146. The molecule has 4 rings (SSSR count). The van der Waals surface area contributed by atoms with Crippen molar-refractivity contribution in [2.75, 3.05) is 17.7 Å². The molecular weight excluding hydrogens is 506 g/mol. The largest absolute Gasteiger partial charge is 0.497 e. The molecule has 38 heavy (non-hydrogen) atoms. The van der Waals surface area contributed by atoms with E-state index in [1.807, 2.05) is 38.1 Å². The molecule has 0 spiro atoms. The van der Waals surface area contributed by atoms with E-state index in [9.17, 15) is 14.4 Å². The summed E-state index contributed by atoms with van der Waals surface area (Å²) in [6.45, 7) is 3.90. The molecule has 0 aliphatic carbocycles. The summed E-state index contributed by atoms with van der Waals surface area (Å²) in [6.07, 6.45) is 1.43. The molecule has 0 saturated carbocycles. The molecule has 10 nitrogen and oxygen atoms in total. The third kappa shape index (κ3) is 5.37. The number of nitrogen functional groups attached to an aromatic ring is 1. The van der Waals surface area contributed by atoms with Crippen LogP contribution in [0.2, 0.25) is 0 Å². The van der Waals surface area contributed by atoms with E-state index in [0.29, 0.717) is 11.4 Å². The molecule has 5 N–H and O–H groups in total. The van der Waals surface area contributed by atoms with E-state index in [1.54, 1.807) is 37.4 Å². The van der Waals surface area contributed by atoms with Gasteiger partial charge in [-0.1, -0.05) is 24.3 Å². The number of aromatic nitrogens is 1. The first-order valence-electron chi connectivity index (χ1n) is 11.6. The summed E-state index contributed by atoms with van der Waals surface area (Å²) in [5.41, 5.74) is 14.1. The number of furan rings is 1. The van der Waals surface area contributed by atoms with E-state index in [2.05, 4.69) is 9.69 Å². The second-order valence-electron chi connectivity index (χ2n) is 8.59. The van der Waals surface area contributed by atoms with E-state index in [4.69, 9.17) is 20.6 Å². The lowest BCUT2D eigenvalue weighted by atomic mass is 10.0. The van der Waals surface area contributed by atoms with Crippen LogP contribution in [0.5, 0.6) is 5.75 Å². The van der Waals surface area contributed by atoms with E-state index < -0.39 is 23.8 Å². The fourth-order valence-corrected chi connectivity index (χ4v) is 4.68. The van der Waals surface area contributed by atoms with Crippen LogP contribution < -0.4 is 26.4 Å². The predicted octanol–water partition coefficient (Wildman–Crippen LogP) is 3.75. The molecule has 4 aromatic rings. The minimum atomic E-state index is -1.20. The number of nitrogens with one attached hydrogen (secondary N) is 1. The minimum Gasteiger partial charge on any atom is -0.497 e. The van der Waals surface area contributed by atoms with Gasteiger partial charge >= 0.3 is 0 Å². The topological polar surface area (TPSA) is 154 Å². The van der Waals surface area contributed by atoms with Crippen molar-refractivity contribution in [1.82, 2.24) is 9.69 Å². The lowest BCUT2D eigenvalue weighted by Crippen LogP contribution is -2.44. The van der Waals surface area contributed by atoms with Crippen LogP contribution >= 0.6 is 11.5 Å². The molecule has 0 saturated heterocycles. The van der Waals surface area contributed by atoms with Crippen molar-refractivity contribution in [2.24, 2.45) is 5.73 Å². The van der Waals surface area contributed by atoms with Crippen molar-refractivity contribution >= 4 is 40.6 Å². The molecule has 196 valence electrons. The van der Waals surface area contributed by atoms with Gasteiger partial charge in [0.05, 0.1) is 19.1 Å². The zero-order valence-electron chi connectivity index (χ0n) is 21.1. The van der Waals surface area contributed by atoms with Gasteiger partial charge < -0.3 is 25.9 Å². The number of aryl methyl sites for hydroxylation is 2. The van der Waals surface area contributed by atoms with Crippen LogP contribution in [0.4, 0.5) is 11.4 Å². The molecule has 1 unspecified atom stereocenters. The fraction of sp³-hybridized carbons (Fsp3) is 0.185. The van der Waals surface area contributed by atoms with Crippen LogP contribution in [0.1, 0.15) is 48.7 Å². The van der Waals surface area contributed by atoms with Crippen LogP contribution in [0.3, 0.4) is 0 Å². The molecular formula is C27H27N5O5S. The Labute approximate surface area is 223 Å². The lowest BCUT2D eigenvalue weighted by Gasteiger charge is -2.31. The normalized spacial score (nSPS) is 11.6. The molecule has 11 heteroatoms. The summed E-state index contributed by atoms with van der Waals surface area (Å²) < 4.78 is 14.8. The highest BCUT2D eigenvalue weighted by molar-refractivity contribution is 7.09. The lowest BCUT2D eigenvalue weighted by molar-refractivity contribution is -0.123. The summed E-state index contributed by atoms with van der Waals surface area (Å²) in [5, 5.41) is 2.90. The average molecular weight is 534 g/mol. The molecule has 3 amide bonds. The molecule has 1 atom stereocenters. The number of primary amides is 1. The first-order valence-corrected chi connectivity index (χ1v) is 12.4. The van der Waals surface area contributed by atoms with Gasteiger partial charge in [0.25, 0.3) is 17.7 Å². The van der Waals surface area contributed by atoms with Gasteiger partial charge in [-0.25, -0.2) is 0 Å². The van der Waals surface area contributed by atoms with Gasteiger partial charge in [0.15, 0.2) is 11.7 Å². The Morgan fingerprint density at radius 2 is 1.87 bits per heavy atom. The number of rotatable bonds is 9. The molecule has 2 aromatic heterocycles. The highest BCUT2D eigenvalue weighted by Gasteiger charge is 2.38. The maximum atomic E-state index is 14.1. The number of carbonyl (C=O) groups is 3. The van der Waals surface area contributed by atoms with Crippen LogP contribution in [0.15, 0.2) is 65.3 Å². The Balaban J connectivity index is 1.78. The van der Waals surface area contributed by atoms with Gasteiger partial charge in [-0.05, 0) is 72.4 Å². The number of anilines is 2. The van der Waals surface area contributed by atoms with Crippen molar-refractivity contribution in [2.45, 2.75) is 26.4 Å². The molecule has 0 aliphatic rings. The predicted molar refractivity (Wildman–Crippen MR) is 144 cm³/mol. The molecule has 0 bridgehead atoms. The first kappa shape index (κ1) is 26.4. The Morgan fingerprint density at radius 3 is 2.47 bits per heavy atom. The van der Waals surface area contributed by atoms with Crippen LogP contribution in [-0.2, 0) is 11.3 Å². The molecule has 2 heterocycles. The van der Waals surface area contributed by atoms with E-state index in [-0.39, 0.29) is 28.6 Å². The second kappa shape index (κ2) is 11.2. The van der Waals surface area contributed by atoms with E-state index in [1.165, 1.54) is 11.2 Å². The van der Waals surface area contributed by atoms with E-state index in [0.717, 1.165) is 28.2 Å². The number of benzene rings is 2. The highest BCUT2D eigenvalue weighted by Crippen LogP contribution is 2.35. The summed E-state index contributed by atoms with van der Waals surface area (Å²) in [7, 11) is 1.58. The van der Waals surface area contributed by atoms with Gasteiger partial charge in [-0.15, -0.1) is 0 Å². The number of hydrogen-bond donors (Lipinski definition) is 3. The SMILES string of the molecule is COc1ccc(CNC(=O)C(c2ccco2)N(C(=O)c2snc(C(N)=O)c2N)c2cc(C)ccc2C)cc1. The van der Waals surface area contributed by atoms with Crippen molar-refractivity contribution in [3.05, 3.63) is 93.9 Å². The maximum absolute atomic E-state index is 14.1. The summed E-state index contributed by atoms with van der Waals surface area (Å²) in [6, 6.07) is 14.9. The molecule has 0 radical (unpaired) electrons. The van der Waals surface area contributed by atoms with Crippen molar-refractivity contribution in [3.63, 3.8) is 0 Å². The Kier molecular flexibility index (Phi) is 7.77. The number of carbonyl (C=O) groups excluding carboxylic acids is 3. The molecule has 0 fully saturated rings. The van der Waals surface area contributed by atoms with Crippen LogP contribution in [0.25, 0.3) is 0 Å². The fourth-order valence-electron chi connectivity index (χ4n) is 3.93. The number of nitrogens with two attached hydrogens (primary N) is 2. The number of methoxy groups -OCH3 is 1. The third-order valence-corrected chi connectivity index (χ3v) is 6.79. The smallest absolute Gasteiger partial charge is 0.273 e. The second-order valence-corrected chi connectivity index (χ2v) is 9.36. The van der Waals surface area contributed by atoms with Crippen molar-refractivity contribution in [3.8, 4) is 5.75 Å². The number of nitrogens with zero attached hydrogens (tertiary/aromatic N) is 2. The first-order chi connectivity index (χ1) is 18.2. The van der Waals surface area contributed by atoms with Crippen molar-refractivity contribution in [1.29, 1.82) is 0 Å². The highest BCUT2D eigenvalue weighted by atomic mass is 32.1. The third-order valence-electron chi connectivity index (χ3n) is 5.94. The Bertz CT molecular complexity index is 1460. The van der Waals surface area contributed by atoms with Gasteiger partial charge in [-0.3, -0.25) is 19.3 Å². The van der Waals surface area contributed by atoms with Gasteiger partial charge in [-0.2, -0.15) is 4.37 Å². The van der Waals surface area contributed by atoms with Crippen LogP contribution in [0, 0.1) is 13.8 Å². The number of hydrogen-bond acceptors (Lipinski definition) is 8. The summed E-state index contributed by atoms with van der Waals surface area (Å²) in [5.74, 6) is -1.02. The summed E-state index contributed by atoms with van der Waals surface area (Å²) >= 11 is 0.744. The quantitative estimate of drug-likeness (QED) is 0.296. The molecule has 0 aliphatic heterocycles.